The maximum atomic E-state index is 2.38. The van der Waals surface area contributed by atoms with E-state index in [4.69, 9.17) is 0 Å². The van der Waals surface area contributed by atoms with Crippen molar-refractivity contribution in [3.05, 3.63) is 42.8 Å². The number of hydrogen-bond acceptors (Lipinski definition) is 0. The Bertz CT molecular complexity index is 328. The third kappa shape index (κ3) is 4.97. The van der Waals surface area contributed by atoms with Crippen LogP contribution in [0.3, 0.4) is 0 Å². The third-order valence-electron chi connectivity index (χ3n) is 3.15. The molecule has 2 aliphatic rings. The van der Waals surface area contributed by atoms with Gasteiger partial charge in [0, 0.05) is 0 Å². The molecule has 2 aliphatic heterocycles. The van der Waals surface area contributed by atoms with Gasteiger partial charge in [0.2, 0.25) is 0 Å². The summed E-state index contributed by atoms with van der Waals surface area (Å²) in [7, 11) is 0. The molecular formula is C12H16B2Cl2Zr. The standard InChI is InChI=1S/2C6H8B.2ClH.Zr/c2*1-7-5-3-2-4-6-7;;;/h2*2-4H,5H2,1H3;2*1H;/q;;;;+2/p-2. The van der Waals surface area contributed by atoms with Gasteiger partial charge in [0.05, 0.1) is 0 Å². The molecule has 0 fully saturated rings. The summed E-state index contributed by atoms with van der Waals surface area (Å²) in [5, 5.41) is 0. The van der Waals surface area contributed by atoms with Crippen LogP contribution in [-0.4, -0.2) is 13.4 Å². The molecule has 0 spiro atoms. The first-order chi connectivity index (χ1) is 7.27. The molecule has 0 nitrogen and oxygen atoms in total. The molecule has 0 radical (unpaired) electrons. The third-order valence-corrected chi connectivity index (χ3v) is 7.81. The second-order valence-electron chi connectivity index (χ2n) is 4.50. The van der Waals surface area contributed by atoms with E-state index in [0.29, 0.717) is 0 Å². The minimum atomic E-state index is -0.454. The normalized spacial score (nSPS) is 17.5. The van der Waals surface area contributed by atoms with E-state index in [1.54, 1.807) is 6.36 Å². The van der Waals surface area contributed by atoms with Gasteiger partial charge in [-0.3, -0.25) is 0 Å². The van der Waals surface area contributed by atoms with Crippen LogP contribution < -0.4 is 24.8 Å². The average molecular weight is 344 g/mol. The molecule has 2 rings (SSSR count). The number of rotatable bonds is 2. The molecular weight excluding hydrogens is 328 g/mol. The van der Waals surface area contributed by atoms with Gasteiger partial charge in [-0.25, -0.2) is 0 Å². The van der Waals surface area contributed by atoms with Crippen molar-refractivity contribution in [2.45, 2.75) is 26.3 Å². The fourth-order valence-electron chi connectivity index (χ4n) is 1.99. The van der Waals surface area contributed by atoms with Gasteiger partial charge in [-0.2, -0.15) is 0 Å². The van der Waals surface area contributed by atoms with Crippen molar-refractivity contribution < 1.29 is 48.0 Å². The molecule has 0 aliphatic carbocycles. The summed E-state index contributed by atoms with van der Waals surface area (Å²) in [4.78, 5) is 0. The summed E-state index contributed by atoms with van der Waals surface area (Å²) >= 11 is -0.454. The maximum Gasteiger partial charge on any atom is -1.00 e. The van der Waals surface area contributed by atoms with E-state index in [0.717, 1.165) is 13.4 Å². The van der Waals surface area contributed by atoms with Crippen molar-refractivity contribution >= 4 is 13.4 Å². The molecule has 0 N–H and O–H groups in total. The molecule has 0 bridgehead atoms. The van der Waals surface area contributed by atoms with Crippen molar-refractivity contribution in [2.75, 3.05) is 0 Å². The summed E-state index contributed by atoms with van der Waals surface area (Å²) in [5.74, 6) is 0. The Kier molecular flexibility index (Phi) is 8.90. The van der Waals surface area contributed by atoms with Crippen LogP contribution in [0.2, 0.25) is 26.3 Å². The fraction of sp³-hybridized carbons (Fsp3) is 0.333. The van der Waals surface area contributed by atoms with Gasteiger partial charge < -0.3 is 24.8 Å². The number of halogens is 2. The molecule has 0 saturated carbocycles. The van der Waals surface area contributed by atoms with Crippen LogP contribution in [0.4, 0.5) is 0 Å². The second-order valence-corrected chi connectivity index (χ2v) is 7.95. The smallest absolute Gasteiger partial charge is 1.00 e. The van der Waals surface area contributed by atoms with E-state index < -0.39 is 23.2 Å². The predicted octanol–water partition coefficient (Wildman–Crippen LogP) is -2.69. The van der Waals surface area contributed by atoms with Gasteiger partial charge in [0.15, 0.2) is 0 Å². The van der Waals surface area contributed by atoms with Crippen molar-refractivity contribution in [3.63, 3.8) is 0 Å². The molecule has 0 atom stereocenters. The van der Waals surface area contributed by atoms with Crippen LogP contribution in [-0.2, 0) is 23.2 Å². The SMILES string of the molecule is CB1CC=CC=[C]1[Zr+2][C]1=CC=CCB1C.[Cl-].[Cl-]. The van der Waals surface area contributed by atoms with E-state index in [2.05, 4.69) is 50.1 Å². The summed E-state index contributed by atoms with van der Waals surface area (Å²) in [5.41, 5.74) is 0. The number of hydrogen-bond donors (Lipinski definition) is 0. The molecule has 0 aromatic heterocycles. The van der Waals surface area contributed by atoms with Crippen molar-refractivity contribution in [2.24, 2.45) is 0 Å². The first-order valence-corrected chi connectivity index (χ1v) is 8.23. The zero-order valence-electron chi connectivity index (χ0n) is 10.3. The van der Waals surface area contributed by atoms with Gasteiger partial charge in [0.1, 0.15) is 0 Å². The molecule has 2 heterocycles. The van der Waals surface area contributed by atoms with Gasteiger partial charge in [-0.1, -0.05) is 0 Å². The Balaban J connectivity index is 0.00000128. The topological polar surface area (TPSA) is 0 Å². The van der Waals surface area contributed by atoms with Crippen LogP contribution >= 0.6 is 0 Å². The Hall–Kier alpha value is 0.553. The Morgan fingerprint density at radius 2 is 1.29 bits per heavy atom. The van der Waals surface area contributed by atoms with Crippen LogP contribution in [0, 0.1) is 0 Å². The zero-order valence-corrected chi connectivity index (χ0v) is 14.3. The fourth-order valence-corrected chi connectivity index (χ4v) is 5.48. The minimum Gasteiger partial charge on any atom is -1.00 e. The van der Waals surface area contributed by atoms with Crippen molar-refractivity contribution in [3.8, 4) is 0 Å². The van der Waals surface area contributed by atoms with Crippen LogP contribution in [0.5, 0.6) is 0 Å². The van der Waals surface area contributed by atoms with E-state index in [-0.39, 0.29) is 24.8 Å². The first-order valence-electron chi connectivity index (χ1n) is 5.78. The molecule has 0 saturated heterocycles. The van der Waals surface area contributed by atoms with Crippen LogP contribution in [0.25, 0.3) is 0 Å². The summed E-state index contributed by atoms with van der Waals surface area (Å²) in [6, 6.07) is 0. The minimum absolute atomic E-state index is 0. The van der Waals surface area contributed by atoms with Gasteiger partial charge in [-0.15, -0.1) is 0 Å². The van der Waals surface area contributed by atoms with Gasteiger partial charge in [0.25, 0.3) is 0 Å². The molecule has 17 heavy (non-hydrogen) atoms. The van der Waals surface area contributed by atoms with E-state index in [9.17, 15) is 0 Å². The first kappa shape index (κ1) is 17.6. The molecule has 0 unspecified atom stereocenters. The monoisotopic (exact) mass is 342 g/mol. The molecule has 0 aromatic rings. The van der Waals surface area contributed by atoms with E-state index in [1.165, 1.54) is 12.6 Å². The Labute approximate surface area is 130 Å². The van der Waals surface area contributed by atoms with E-state index in [1.807, 2.05) is 0 Å². The van der Waals surface area contributed by atoms with Crippen molar-refractivity contribution in [1.82, 2.24) is 0 Å². The quantitative estimate of drug-likeness (QED) is 0.479. The summed E-state index contributed by atoms with van der Waals surface area (Å²) in [6.07, 6.45) is 16.4. The predicted molar refractivity (Wildman–Crippen MR) is 67.3 cm³/mol. The summed E-state index contributed by atoms with van der Waals surface area (Å²) in [6.45, 7) is 6.36. The molecule has 0 amide bonds. The number of allylic oxidation sites excluding steroid dienone is 6. The molecule has 88 valence electrons. The largest absolute Gasteiger partial charge is 1.00 e. The van der Waals surface area contributed by atoms with E-state index >= 15 is 0 Å². The second kappa shape index (κ2) is 8.62. The van der Waals surface area contributed by atoms with Crippen LogP contribution in [0.15, 0.2) is 42.8 Å². The van der Waals surface area contributed by atoms with Gasteiger partial charge in [-0.05, 0) is 0 Å². The molecule has 5 heteroatoms. The summed E-state index contributed by atoms with van der Waals surface area (Å²) < 4.78 is 3.55. The average Bonchev–Trinajstić information content (AvgIpc) is 2.24. The maximum absolute atomic E-state index is 2.38. The Morgan fingerprint density at radius 1 is 0.882 bits per heavy atom. The Morgan fingerprint density at radius 3 is 1.65 bits per heavy atom. The van der Waals surface area contributed by atoms with Gasteiger partial charge >= 0.3 is 106 Å². The molecule has 0 aromatic carbocycles. The van der Waals surface area contributed by atoms with Crippen molar-refractivity contribution in [1.29, 1.82) is 0 Å². The zero-order chi connectivity index (χ0) is 10.7. The van der Waals surface area contributed by atoms with Crippen LogP contribution in [0.1, 0.15) is 0 Å².